The van der Waals surface area contributed by atoms with Gasteiger partial charge in [-0.2, -0.15) is 0 Å². The highest BCUT2D eigenvalue weighted by Gasteiger charge is 2.45. The normalized spacial score (nSPS) is 25.4. The minimum atomic E-state index is 0.627. The van der Waals surface area contributed by atoms with Gasteiger partial charge in [-0.1, -0.05) is 0 Å². The molecule has 0 amide bonds. The second-order valence-electron chi connectivity index (χ2n) is 7.99. The van der Waals surface area contributed by atoms with Crippen molar-refractivity contribution in [2.45, 2.75) is 25.3 Å². The number of hydrogen-bond acceptors (Lipinski definition) is 6. The smallest absolute Gasteiger partial charge is 0.138 e. The molecule has 1 aliphatic carbocycles. The zero-order valence-corrected chi connectivity index (χ0v) is 15.1. The molecule has 4 heterocycles. The Labute approximate surface area is 154 Å². The number of hydrogen-bond donors (Lipinski definition) is 1. The predicted octanol–water partition coefficient (Wildman–Crippen LogP) is 1.80. The van der Waals surface area contributed by atoms with E-state index in [4.69, 9.17) is 0 Å². The molecule has 1 atom stereocenters. The second kappa shape index (κ2) is 6.59. The molecule has 26 heavy (non-hydrogen) atoms. The van der Waals surface area contributed by atoms with E-state index in [-0.39, 0.29) is 0 Å². The lowest BCUT2D eigenvalue weighted by atomic mass is 9.80. The van der Waals surface area contributed by atoms with Crippen LogP contribution >= 0.6 is 0 Å². The maximum absolute atomic E-state index is 4.68. The average Bonchev–Trinajstić information content (AvgIpc) is 3.15. The molecule has 2 saturated heterocycles. The zero-order chi connectivity index (χ0) is 17.4. The van der Waals surface area contributed by atoms with Gasteiger partial charge in [0, 0.05) is 69.5 Å². The molecule has 0 unspecified atom stereocenters. The van der Waals surface area contributed by atoms with Gasteiger partial charge in [-0.15, -0.1) is 0 Å². The fourth-order valence-corrected chi connectivity index (χ4v) is 4.87. The van der Waals surface area contributed by atoms with Crippen LogP contribution in [0.1, 0.15) is 19.3 Å². The Morgan fingerprint density at radius 2 is 1.92 bits per heavy atom. The molecule has 1 N–H and O–H groups in total. The third kappa shape index (κ3) is 2.87. The first-order valence-electron chi connectivity index (χ1n) is 9.74. The Morgan fingerprint density at radius 3 is 2.62 bits per heavy atom. The Morgan fingerprint density at radius 1 is 1.04 bits per heavy atom. The van der Waals surface area contributed by atoms with Crippen LogP contribution in [0.3, 0.4) is 0 Å². The summed E-state index contributed by atoms with van der Waals surface area (Å²) in [5.41, 5.74) is 2.60. The standard InChI is InChI=1S/C20H26N6/c1-2-17(18-13-21-6-7-23-18)19(24-5-1)26-10-8-25(9-11-26)16-3-4-20(12-16)14-22-15-20/h1-2,5-7,13,16,22H,3-4,8-12,14-15H2/t16-/m1/s1. The number of nitrogens with one attached hydrogen (secondary N) is 1. The topological polar surface area (TPSA) is 57.2 Å². The fraction of sp³-hybridized carbons (Fsp3) is 0.550. The molecule has 0 bridgehead atoms. The largest absolute Gasteiger partial charge is 0.353 e. The van der Waals surface area contributed by atoms with Crippen LogP contribution in [0, 0.1) is 5.41 Å². The molecular weight excluding hydrogens is 324 g/mol. The second-order valence-corrected chi connectivity index (χ2v) is 7.99. The minimum absolute atomic E-state index is 0.627. The van der Waals surface area contributed by atoms with Crippen molar-refractivity contribution in [3.63, 3.8) is 0 Å². The lowest BCUT2D eigenvalue weighted by Crippen LogP contribution is -2.54. The van der Waals surface area contributed by atoms with Crippen LogP contribution in [0.5, 0.6) is 0 Å². The van der Waals surface area contributed by atoms with E-state index in [0.717, 1.165) is 49.3 Å². The summed E-state index contributed by atoms with van der Waals surface area (Å²) in [5.74, 6) is 1.04. The maximum atomic E-state index is 4.68. The molecule has 6 nitrogen and oxygen atoms in total. The molecule has 0 aromatic carbocycles. The van der Waals surface area contributed by atoms with Gasteiger partial charge in [0.05, 0.1) is 11.9 Å². The van der Waals surface area contributed by atoms with Crippen LogP contribution in [0.15, 0.2) is 36.9 Å². The molecule has 5 rings (SSSR count). The third-order valence-corrected chi connectivity index (χ3v) is 6.43. The summed E-state index contributed by atoms with van der Waals surface area (Å²) < 4.78 is 0. The van der Waals surface area contributed by atoms with Crippen molar-refractivity contribution in [3.05, 3.63) is 36.9 Å². The van der Waals surface area contributed by atoms with E-state index in [1.807, 2.05) is 18.5 Å². The van der Waals surface area contributed by atoms with Crippen molar-refractivity contribution in [1.29, 1.82) is 0 Å². The molecule has 3 fully saturated rings. The number of rotatable bonds is 3. The Bertz CT molecular complexity index is 752. The van der Waals surface area contributed by atoms with Gasteiger partial charge in [0.25, 0.3) is 0 Å². The van der Waals surface area contributed by atoms with E-state index in [2.05, 4.69) is 36.1 Å². The Hall–Kier alpha value is -2.05. The quantitative estimate of drug-likeness (QED) is 0.911. The highest BCUT2D eigenvalue weighted by molar-refractivity contribution is 5.72. The summed E-state index contributed by atoms with van der Waals surface area (Å²) in [4.78, 5) is 18.5. The lowest BCUT2D eigenvalue weighted by molar-refractivity contribution is 0.135. The zero-order valence-electron chi connectivity index (χ0n) is 15.1. The highest BCUT2D eigenvalue weighted by atomic mass is 15.3. The first-order valence-corrected chi connectivity index (χ1v) is 9.74. The highest BCUT2D eigenvalue weighted by Crippen LogP contribution is 2.43. The van der Waals surface area contributed by atoms with Crippen LogP contribution in [-0.2, 0) is 0 Å². The van der Waals surface area contributed by atoms with Gasteiger partial charge in [-0.25, -0.2) is 4.98 Å². The van der Waals surface area contributed by atoms with E-state index in [0.29, 0.717) is 5.41 Å². The first-order chi connectivity index (χ1) is 12.8. The molecule has 0 radical (unpaired) electrons. The summed E-state index contributed by atoms with van der Waals surface area (Å²) >= 11 is 0. The monoisotopic (exact) mass is 350 g/mol. The summed E-state index contributed by atoms with van der Waals surface area (Å²) in [6.45, 7) is 6.80. The molecule has 136 valence electrons. The summed E-state index contributed by atoms with van der Waals surface area (Å²) in [5, 5.41) is 3.47. The van der Waals surface area contributed by atoms with Crippen LogP contribution in [-0.4, -0.2) is 65.2 Å². The maximum Gasteiger partial charge on any atom is 0.138 e. The van der Waals surface area contributed by atoms with Crippen molar-refractivity contribution in [2.75, 3.05) is 44.2 Å². The van der Waals surface area contributed by atoms with Gasteiger partial charge in [0.15, 0.2) is 0 Å². The molecule has 1 spiro atoms. The van der Waals surface area contributed by atoms with Gasteiger partial charge in [-0.05, 0) is 36.8 Å². The van der Waals surface area contributed by atoms with Crippen molar-refractivity contribution < 1.29 is 0 Å². The minimum Gasteiger partial charge on any atom is -0.353 e. The van der Waals surface area contributed by atoms with E-state index in [9.17, 15) is 0 Å². The SMILES string of the molecule is c1cnc(N2CCN([C@@H]3CCC4(CNC4)C3)CC2)c(-c2cnccn2)c1. The van der Waals surface area contributed by atoms with Gasteiger partial charge in [-0.3, -0.25) is 14.9 Å². The fourth-order valence-electron chi connectivity index (χ4n) is 4.87. The van der Waals surface area contributed by atoms with Gasteiger partial charge in [0.2, 0.25) is 0 Å². The van der Waals surface area contributed by atoms with Crippen LogP contribution in [0.2, 0.25) is 0 Å². The number of aromatic nitrogens is 3. The lowest BCUT2D eigenvalue weighted by Gasteiger charge is -2.42. The molecule has 6 heteroatoms. The molecule has 3 aliphatic rings. The van der Waals surface area contributed by atoms with Crippen molar-refractivity contribution in [1.82, 2.24) is 25.2 Å². The molecule has 1 saturated carbocycles. The van der Waals surface area contributed by atoms with Gasteiger partial charge in [0.1, 0.15) is 5.82 Å². The van der Waals surface area contributed by atoms with E-state index >= 15 is 0 Å². The Kier molecular flexibility index (Phi) is 4.10. The molecule has 2 aliphatic heterocycles. The number of anilines is 1. The van der Waals surface area contributed by atoms with Crippen LogP contribution in [0.25, 0.3) is 11.3 Å². The van der Waals surface area contributed by atoms with Crippen LogP contribution in [0.4, 0.5) is 5.82 Å². The molecule has 2 aromatic rings. The first kappa shape index (κ1) is 16.1. The summed E-state index contributed by atoms with van der Waals surface area (Å²) in [6, 6.07) is 4.86. The summed E-state index contributed by atoms with van der Waals surface area (Å²) in [6.07, 6.45) is 11.3. The predicted molar refractivity (Wildman–Crippen MR) is 102 cm³/mol. The third-order valence-electron chi connectivity index (χ3n) is 6.43. The van der Waals surface area contributed by atoms with E-state index in [1.165, 1.54) is 32.4 Å². The number of piperazine rings is 1. The molecule has 2 aromatic heterocycles. The van der Waals surface area contributed by atoms with E-state index < -0.39 is 0 Å². The van der Waals surface area contributed by atoms with E-state index in [1.54, 1.807) is 12.4 Å². The average molecular weight is 350 g/mol. The Balaban J connectivity index is 1.28. The van der Waals surface area contributed by atoms with Crippen LogP contribution < -0.4 is 10.2 Å². The van der Waals surface area contributed by atoms with Crippen molar-refractivity contribution in [2.24, 2.45) is 5.41 Å². The number of nitrogens with zero attached hydrogens (tertiary/aromatic N) is 5. The number of pyridine rings is 1. The summed E-state index contributed by atoms with van der Waals surface area (Å²) in [7, 11) is 0. The van der Waals surface area contributed by atoms with Crippen molar-refractivity contribution >= 4 is 5.82 Å². The van der Waals surface area contributed by atoms with Crippen molar-refractivity contribution in [3.8, 4) is 11.3 Å². The van der Waals surface area contributed by atoms with Gasteiger partial charge < -0.3 is 10.2 Å². The molecular formula is C20H26N6. The van der Waals surface area contributed by atoms with Gasteiger partial charge >= 0.3 is 0 Å².